The summed E-state index contributed by atoms with van der Waals surface area (Å²) in [6, 6.07) is 0.905. The fraction of sp³-hybridized carbons (Fsp3) is 1.00. The third-order valence-corrected chi connectivity index (χ3v) is 2.26. The van der Waals surface area contributed by atoms with Crippen molar-refractivity contribution in [1.82, 2.24) is 10.2 Å². The maximum absolute atomic E-state index is 5.24. The van der Waals surface area contributed by atoms with Crippen molar-refractivity contribution in [2.75, 3.05) is 27.7 Å². The van der Waals surface area contributed by atoms with E-state index in [-0.39, 0.29) is 6.10 Å². The highest BCUT2D eigenvalue weighted by molar-refractivity contribution is 4.73. The van der Waals surface area contributed by atoms with Gasteiger partial charge in [0, 0.05) is 25.7 Å². The highest BCUT2D eigenvalue weighted by atomic mass is 16.5. The summed E-state index contributed by atoms with van der Waals surface area (Å²) in [6.45, 7) is 7.49. The van der Waals surface area contributed by atoms with E-state index in [0.717, 1.165) is 6.54 Å². The molecule has 0 amide bonds. The molecule has 0 radical (unpaired) electrons. The van der Waals surface area contributed by atoms with Gasteiger partial charge in [-0.15, -0.1) is 0 Å². The van der Waals surface area contributed by atoms with Crippen molar-refractivity contribution in [3.05, 3.63) is 0 Å². The van der Waals surface area contributed by atoms with Crippen LogP contribution in [0.1, 0.15) is 20.8 Å². The predicted molar refractivity (Wildman–Crippen MR) is 57.1 cm³/mol. The van der Waals surface area contributed by atoms with Crippen LogP contribution >= 0.6 is 0 Å². The summed E-state index contributed by atoms with van der Waals surface area (Å²) in [4.78, 5) is 2.18. The first kappa shape index (κ1) is 12.9. The predicted octanol–water partition coefficient (Wildman–Crippen LogP) is 0.950. The minimum Gasteiger partial charge on any atom is -0.380 e. The first-order chi connectivity index (χ1) is 5.97. The first-order valence-corrected chi connectivity index (χ1v) is 4.91. The van der Waals surface area contributed by atoms with Crippen molar-refractivity contribution >= 4 is 0 Å². The molecule has 0 fully saturated rings. The Kier molecular flexibility index (Phi) is 6.29. The second-order valence-electron chi connectivity index (χ2n) is 4.06. The number of ether oxygens (including phenoxy) is 1. The van der Waals surface area contributed by atoms with Crippen molar-refractivity contribution in [3.63, 3.8) is 0 Å². The fourth-order valence-corrected chi connectivity index (χ4v) is 1.39. The number of likely N-dealkylation sites (N-methyl/N-ethyl adjacent to an activating group) is 1. The maximum atomic E-state index is 5.24. The zero-order valence-electron chi connectivity index (χ0n) is 9.79. The van der Waals surface area contributed by atoms with E-state index in [2.05, 4.69) is 45.1 Å². The van der Waals surface area contributed by atoms with Crippen molar-refractivity contribution < 1.29 is 4.74 Å². The van der Waals surface area contributed by atoms with Gasteiger partial charge in [0.2, 0.25) is 0 Å². The first-order valence-electron chi connectivity index (χ1n) is 4.91. The van der Waals surface area contributed by atoms with Gasteiger partial charge in [0.05, 0.1) is 6.10 Å². The number of methoxy groups -OCH3 is 1. The quantitative estimate of drug-likeness (QED) is 0.671. The van der Waals surface area contributed by atoms with E-state index < -0.39 is 0 Å². The van der Waals surface area contributed by atoms with Crippen LogP contribution < -0.4 is 5.32 Å². The van der Waals surface area contributed by atoms with Gasteiger partial charge in [-0.05, 0) is 34.9 Å². The van der Waals surface area contributed by atoms with Crippen LogP contribution in [0.5, 0.6) is 0 Å². The molecule has 0 rings (SSSR count). The van der Waals surface area contributed by atoms with Crippen LogP contribution in [-0.2, 0) is 4.74 Å². The molecule has 13 heavy (non-hydrogen) atoms. The summed E-state index contributed by atoms with van der Waals surface area (Å²) in [5, 5.41) is 3.50. The molecule has 80 valence electrons. The Labute approximate surface area is 82.4 Å². The number of nitrogens with one attached hydrogen (secondary N) is 1. The van der Waals surface area contributed by atoms with Gasteiger partial charge in [0.1, 0.15) is 0 Å². The zero-order valence-corrected chi connectivity index (χ0v) is 9.79. The molecule has 0 saturated carbocycles. The van der Waals surface area contributed by atoms with Crippen LogP contribution in [-0.4, -0.2) is 50.8 Å². The molecule has 0 aliphatic carbocycles. The summed E-state index contributed by atoms with van der Waals surface area (Å²) in [5.74, 6) is 0. The molecule has 0 spiro atoms. The maximum Gasteiger partial charge on any atom is 0.0693 e. The van der Waals surface area contributed by atoms with Crippen LogP contribution in [0, 0.1) is 0 Å². The fourth-order valence-electron chi connectivity index (χ4n) is 1.39. The Balaban J connectivity index is 3.70. The molecule has 0 aliphatic rings. The smallest absolute Gasteiger partial charge is 0.0693 e. The average Bonchev–Trinajstić information content (AvgIpc) is 2.01. The Hall–Kier alpha value is -0.120. The minimum absolute atomic E-state index is 0.268. The molecular weight excluding hydrogens is 164 g/mol. The summed E-state index contributed by atoms with van der Waals surface area (Å²) < 4.78 is 5.24. The molecule has 0 aromatic carbocycles. The molecule has 0 aromatic heterocycles. The highest BCUT2D eigenvalue weighted by Gasteiger charge is 2.13. The van der Waals surface area contributed by atoms with E-state index in [9.17, 15) is 0 Å². The van der Waals surface area contributed by atoms with E-state index in [1.165, 1.54) is 0 Å². The Bertz CT molecular complexity index is 128. The van der Waals surface area contributed by atoms with Crippen LogP contribution in [0.25, 0.3) is 0 Å². The molecule has 3 unspecified atom stereocenters. The lowest BCUT2D eigenvalue weighted by atomic mass is 10.2. The van der Waals surface area contributed by atoms with Crippen molar-refractivity contribution in [2.45, 2.75) is 39.0 Å². The van der Waals surface area contributed by atoms with Gasteiger partial charge in [0.25, 0.3) is 0 Å². The van der Waals surface area contributed by atoms with Gasteiger partial charge >= 0.3 is 0 Å². The van der Waals surface area contributed by atoms with Crippen LogP contribution in [0.4, 0.5) is 0 Å². The second kappa shape index (κ2) is 6.35. The summed E-state index contributed by atoms with van der Waals surface area (Å²) >= 11 is 0. The third-order valence-electron chi connectivity index (χ3n) is 2.26. The number of rotatable bonds is 6. The Morgan fingerprint density at radius 3 is 2.15 bits per heavy atom. The van der Waals surface area contributed by atoms with Crippen LogP contribution in [0.15, 0.2) is 0 Å². The van der Waals surface area contributed by atoms with E-state index in [1.807, 2.05) is 0 Å². The van der Waals surface area contributed by atoms with Gasteiger partial charge in [0.15, 0.2) is 0 Å². The van der Waals surface area contributed by atoms with Gasteiger partial charge in [-0.3, -0.25) is 0 Å². The van der Waals surface area contributed by atoms with Gasteiger partial charge in [-0.2, -0.15) is 0 Å². The van der Waals surface area contributed by atoms with Gasteiger partial charge in [-0.25, -0.2) is 0 Å². The molecule has 0 aliphatic heterocycles. The number of nitrogens with zero attached hydrogens (tertiary/aromatic N) is 1. The largest absolute Gasteiger partial charge is 0.380 e. The van der Waals surface area contributed by atoms with Crippen molar-refractivity contribution in [3.8, 4) is 0 Å². The van der Waals surface area contributed by atoms with E-state index >= 15 is 0 Å². The van der Waals surface area contributed by atoms with Crippen molar-refractivity contribution in [1.29, 1.82) is 0 Å². The average molecular weight is 188 g/mol. The summed E-state index contributed by atoms with van der Waals surface area (Å²) in [5.41, 5.74) is 0. The standard InChI is InChI=1S/C10H24N2O/c1-8(7-12(4)5)11-9(2)10(3)13-6/h8-11H,7H2,1-6H3. The monoisotopic (exact) mass is 188 g/mol. The molecule has 0 aromatic rings. The van der Waals surface area contributed by atoms with Crippen LogP contribution in [0.2, 0.25) is 0 Å². The highest BCUT2D eigenvalue weighted by Crippen LogP contribution is 1.98. The lowest BCUT2D eigenvalue weighted by Crippen LogP contribution is -2.45. The summed E-state index contributed by atoms with van der Waals surface area (Å²) in [6.07, 6.45) is 0.268. The Morgan fingerprint density at radius 2 is 1.77 bits per heavy atom. The van der Waals surface area contributed by atoms with Gasteiger partial charge in [-0.1, -0.05) is 0 Å². The molecule has 3 heteroatoms. The van der Waals surface area contributed by atoms with E-state index in [4.69, 9.17) is 4.74 Å². The van der Waals surface area contributed by atoms with Gasteiger partial charge < -0.3 is 15.0 Å². The molecule has 0 heterocycles. The molecule has 0 saturated heterocycles. The SMILES string of the molecule is COC(C)C(C)NC(C)CN(C)C. The van der Waals surface area contributed by atoms with Crippen LogP contribution in [0.3, 0.4) is 0 Å². The molecule has 3 nitrogen and oxygen atoms in total. The number of hydrogen-bond acceptors (Lipinski definition) is 3. The van der Waals surface area contributed by atoms with Crippen molar-refractivity contribution in [2.24, 2.45) is 0 Å². The third kappa shape index (κ3) is 6.02. The minimum atomic E-state index is 0.268. The molecule has 1 N–H and O–H groups in total. The lowest BCUT2D eigenvalue weighted by Gasteiger charge is -2.26. The zero-order chi connectivity index (χ0) is 10.4. The molecular formula is C10H24N2O. The normalized spacial score (nSPS) is 18.7. The second-order valence-corrected chi connectivity index (χ2v) is 4.06. The summed E-state index contributed by atoms with van der Waals surface area (Å²) in [7, 11) is 5.92. The lowest BCUT2D eigenvalue weighted by molar-refractivity contribution is 0.0837. The topological polar surface area (TPSA) is 24.5 Å². The molecule has 0 bridgehead atoms. The van der Waals surface area contributed by atoms with E-state index in [0.29, 0.717) is 12.1 Å². The number of hydrogen-bond donors (Lipinski definition) is 1. The molecule has 3 atom stereocenters. The Morgan fingerprint density at radius 1 is 1.23 bits per heavy atom. The van der Waals surface area contributed by atoms with E-state index in [1.54, 1.807) is 7.11 Å².